The molecular weight excluding hydrogens is 721 g/mol. The van der Waals surface area contributed by atoms with Crippen LogP contribution in [0.4, 0.5) is 0 Å². The third kappa shape index (κ3) is 26.1. The minimum atomic E-state index is -1.06. The molecular formula is C46H84N4O7. The van der Waals surface area contributed by atoms with E-state index in [2.05, 4.69) is 23.8 Å². The van der Waals surface area contributed by atoms with Crippen molar-refractivity contribution in [3.05, 3.63) is 25.3 Å². The molecule has 5 unspecified atom stereocenters. The van der Waals surface area contributed by atoms with Crippen molar-refractivity contribution < 1.29 is 34.1 Å². The predicted molar refractivity (Wildman–Crippen MR) is 232 cm³/mol. The molecule has 0 aliphatic carbocycles. The molecule has 1 rings (SSSR count). The number of hydrogen-bond donors (Lipinski definition) is 4. The van der Waals surface area contributed by atoms with Crippen LogP contribution in [0.1, 0.15) is 181 Å². The first-order chi connectivity index (χ1) is 27.4. The van der Waals surface area contributed by atoms with Gasteiger partial charge in [-0.2, -0.15) is 0 Å². The van der Waals surface area contributed by atoms with Crippen LogP contribution in [0.2, 0.25) is 0 Å². The minimum absolute atomic E-state index is 0.123. The molecule has 0 aromatic heterocycles. The number of unbranched alkanes of at least 4 members (excludes halogenated alkanes) is 16. The lowest BCUT2D eigenvalue weighted by molar-refractivity contribution is -0.130. The van der Waals surface area contributed by atoms with Crippen LogP contribution in [0, 0.1) is 0 Å². The van der Waals surface area contributed by atoms with Gasteiger partial charge in [-0.25, -0.2) is 0 Å². The highest BCUT2D eigenvalue weighted by Gasteiger charge is 2.44. The summed E-state index contributed by atoms with van der Waals surface area (Å²) in [5.74, 6) is 0.206. The lowest BCUT2D eigenvalue weighted by atomic mass is 9.95. The average Bonchev–Trinajstić information content (AvgIpc) is 3.42. The molecule has 1 aliphatic heterocycles. The highest BCUT2D eigenvalue weighted by Crippen LogP contribution is 2.29. The van der Waals surface area contributed by atoms with E-state index in [1.54, 1.807) is 0 Å². The summed E-state index contributed by atoms with van der Waals surface area (Å²) in [6.45, 7) is 12.0. The minimum Gasteiger partial charge on any atom is -0.388 e. The zero-order valence-electron chi connectivity index (χ0n) is 36.7. The van der Waals surface area contributed by atoms with Crippen LogP contribution < -0.4 is 10.6 Å². The van der Waals surface area contributed by atoms with E-state index < -0.39 is 24.4 Å². The van der Waals surface area contributed by atoms with Gasteiger partial charge < -0.3 is 35.4 Å². The first kappa shape index (κ1) is 52.3. The molecule has 330 valence electrons. The standard InChI is InChI=1S/C46H84N4O7/c1-7-9-27-33-49(5)43(53)31-25-21-17-13-11-15-19-23-29-39(47-37(3)51)35-41-45(55)46(56)42(57-41)36-40(48-38(4)52)30-24-20-16-12-14-18-22-26-32-44(54)50(6)34-28-10-8-2/h7-8,39-42,45-46,55-56H,1-2,9-36H2,3-6H3,(H,47,51)(H,48,52)/t39-,40?,41?,42?,45?,46?/m1/s1. The number of nitrogens with zero attached hydrogens (tertiary/aromatic N) is 2. The van der Waals surface area contributed by atoms with Crippen molar-refractivity contribution in [1.82, 2.24) is 20.4 Å². The Hall–Kier alpha value is -2.76. The summed E-state index contributed by atoms with van der Waals surface area (Å²) in [6.07, 6.45) is 25.0. The van der Waals surface area contributed by atoms with E-state index in [1.807, 2.05) is 36.0 Å². The molecule has 0 bridgehead atoms. The normalized spacial score (nSPS) is 18.8. The molecule has 1 saturated heterocycles. The van der Waals surface area contributed by atoms with Crippen molar-refractivity contribution in [2.75, 3.05) is 27.2 Å². The quantitative estimate of drug-likeness (QED) is 0.0372. The third-order valence-corrected chi connectivity index (χ3v) is 11.4. The molecule has 6 atom stereocenters. The third-order valence-electron chi connectivity index (χ3n) is 11.4. The van der Waals surface area contributed by atoms with Crippen LogP contribution >= 0.6 is 0 Å². The fraction of sp³-hybridized carbons (Fsp3) is 0.826. The molecule has 4 amide bonds. The number of aliphatic hydroxyl groups is 2. The van der Waals surface area contributed by atoms with Crippen molar-refractivity contribution >= 4 is 23.6 Å². The SMILES string of the molecule is C=CCCCN(C)C(=O)CCCCCCCCCCC(CC1OC(C[C@@H](CCCCCCCCCCC(=O)N(C)CCCC=C)NC(C)=O)C(O)C1O)NC(C)=O. The van der Waals surface area contributed by atoms with Crippen molar-refractivity contribution in [2.45, 2.75) is 217 Å². The Morgan fingerprint density at radius 2 is 0.877 bits per heavy atom. The Morgan fingerprint density at radius 3 is 1.19 bits per heavy atom. The Labute approximate surface area is 347 Å². The lowest BCUT2D eigenvalue weighted by Crippen LogP contribution is -2.40. The maximum absolute atomic E-state index is 12.2. The second kappa shape index (κ2) is 33.1. The Morgan fingerprint density at radius 1 is 0.561 bits per heavy atom. The summed E-state index contributed by atoms with van der Waals surface area (Å²) in [5, 5.41) is 28.0. The molecule has 1 heterocycles. The molecule has 1 fully saturated rings. The van der Waals surface area contributed by atoms with Crippen LogP contribution in [0.3, 0.4) is 0 Å². The van der Waals surface area contributed by atoms with Gasteiger partial charge in [0.15, 0.2) is 0 Å². The fourth-order valence-corrected chi connectivity index (χ4v) is 7.88. The highest BCUT2D eigenvalue weighted by molar-refractivity contribution is 5.76. The zero-order valence-corrected chi connectivity index (χ0v) is 36.7. The molecule has 0 aromatic carbocycles. The molecule has 0 spiro atoms. The van der Waals surface area contributed by atoms with Crippen LogP contribution in [0.5, 0.6) is 0 Å². The Balaban J connectivity index is 2.34. The van der Waals surface area contributed by atoms with Crippen LogP contribution in [0.25, 0.3) is 0 Å². The number of carbonyl (C=O) groups is 4. The molecule has 11 heteroatoms. The van der Waals surface area contributed by atoms with Gasteiger partial charge in [-0.3, -0.25) is 19.2 Å². The summed E-state index contributed by atoms with van der Waals surface area (Å²) in [6, 6.07) is -0.318. The summed E-state index contributed by atoms with van der Waals surface area (Å²) < 4.78 is 6.24. The Bertz CT molecular complexity index is 1040. The predicted octanol–water partition coefficient (Wildman–Crippen LogP) is 7.92. The number of carbonyl (C=O) groups excluding carboxylic acids is 4. The maximum atomic E-state index is 12.2. The molecule has 57 heavy (non-hydrogen) atoms. The van der Waals surface area contributed by atoms with Gasteiger partial charge in [-0.05, 0) is 64.2 Å². The fourth-order valence-electron chi connectivity index (χ4n) is 7.88. The highest BCUT2D eigenvalue weighted by atomic mass is 16.5. The van der Waals surface area contributed by atoms with Crippen molar-refractivity contribution in [1.29, 1.82) is 0 Å². The number of ether oxygens (including phenoxy) is 1. The van der Waals surface area contributed by atoms with Crippen molar-refractivity contribution in [3.63, 3.8) is 0 Å². The summed E-state index contributed by atoms with van der Waals surface area (Å²) in [5.41, 5.74) is 0. The molecule has 0 aromatic rings. The summed E-state index contributed by atoms with van der Waals surface area (Å²) in [4.78, 5) is 52.2. The van der Waals surface area contributed by atoms with Crippen molar-refractivity contribution in [2.24, 2.45) is 0 Å². The average molecular weight is 805 g/mol. The number of hydrogen-bond acceptors (Lipinski definition) is 7. The maximum Gasteiger partial charge on any atom is 0.222 e. The molecule has 1 aliphatic rings. The topological polar surface area (TPSA) is 149 Å². The Kier molecular flexibility index (Phi) is 30.4. The van der Waals surface area contributed by atoms with E-state index in [9.17, 15) is 29.4 Å². The molecule has 11 nitrogen and oxygen atoms in total. The first-order valence-electron chi connectivity index (χ1n) is 22.6. The van der Waals surface area contributed by atoms with E-state index in [0.29, 0.717) is 25.7 Å². The largest absolute Gasteiger partial charge is 0.388 e. The molecule has 0 saturated carbocycles. The van der Waals surface area contributed by atoms with E-state index in [-0.39, 0.29) is 35.7 Å². The first-order valence-corrected chi connectivity index (χ1v) is 22.6. The number of amides is 4. The van der Waals surface area contributed by atoms with Gasteiger partial charge in [0, 0.05) is 66.0 Å². The van der Waals surface area contributed by atoms with E-state index in [1.165, 1.54) is 13.8 Å². The summed E-state index contributed by atoms with van der Waals surface area (Å²) >= 11 is 0. The van der Waals surface area contributed by atoms with Gasteiger partial charge in [0.05, 0.1) is 12.2 Å². The number of rotatable bonds is 36. The van der Waals surface area contributed by atoms with E-state index in [4.69, 9.17) is 4.74 Å². The zero-order chi connectivity index (χ0) is 42.3. The summed E-state index contributed by atoms with van der Waals surface area (Å²) in [7, 11) is 3.76. The van der Waals surface area contributed by atoms with Crippen LogP contribution in [-0.4, -0.2) is 107 Å². The van der Waals surface area contributed by atoms with Gasteiger partial charge in [0.2, 0.25) is 23.6 Å². The van der Waals surface area contributed by atoms with E-state index >= 15 is 0 Å². The number of nitrogens with one attached hydrogen (secondary N) is 2. The van der Waals surface area contributed by atoms with Gasteiger partial charge in [0.25, 0.3) is 0 Å². The second-order valence-corrected chi connectivity index (χ2v) is 16.7. The van der Waals surface area contributed by atoms with E-state index in [0.717, 1.165) is 154 Å². The van der Waals surface area contributed by atoms with Crippen LogP contribution in [-0.2, 0) is 23.9 Å². The lowest BCUT2D eigenvalue weighted by Gasteiger charge is -2.24. The van der Waals surface area contributed by atoms with Crippen LogP contribution in [0.15, 0.2) is 25.3 Å². The van der Waals surface area contributed by atoms with Crippen molar-refractivity contribution in [3.8, 4) is 0 Å². The second-order valence-electron chi connectivity index (χ2n) is 16.7. The number of aliphatic hydroxyl groups excluding tert-OH is 2. The molecule has 0 radical (unpaired) electrons. The monoisotopic (exact) mass is 805 g/mol. The molecule has 4 N–H and O–H groups in total. The van der Waals surface area contributed by atoms with Gasteiger partial charge >= 0.3 is 0 Å². The van der Waals surface area contributed by atoms with Gasteiger partial charge in [0.1, 0.15) is 12.2 Å². The van der Waals surface area contributed by atoms with Gasteiger partial charge in [-0.1, -0.05) is 102 Å². The smallest absolute Gasteiger partial charge is 0.222 e. The van der Waals surface area contributed by atoms with Gasteiger partial charge in [-0.15, -0.1) is 13.2 Å². The number of allylic oxidation sites excluding steroid dienone is 2.